The lowest BCUT2D eigenvalue weighted by Gasteiger charge is -2.50. The van der Waals surface area contributed by atoms with E-state index in [0.717, 1.165) is 49.0 Å². The number of nitrogens with one attached hydrogen (secondary N) is 1. The molecule has 1 fully saturated rings. The largest absolute Gasteiger partial charge is 0.487 e. The lowest BCUT2D eigenvalue weighted by atomic mass is 9.72. The highest BCUT2D eigenvalue weighted by molar-refractivity contribution is 7.90. The van der Waals surface area contributed by atoms with Gasteiger partial charge < -0.3 is 9.47 Å². The maximum absolute atomic E-state index is 12.5. The van der Waals surface area contributed by atoms with Crippen molar-refractivity contribution in [1.82, 2.24) is 4.72 Å². The Balaban J connectivity index is 1.46. The van der Waals surface area contributed by atoms with E-state index in [1.165, 1.54) is 24.3 Å². The summed E-state index contributed by atoms with van der Waals surface area (Å²) >= 11 is 5.83. The molecule has 0 saturated carbocycles. The van der Waals surface area contributed by atoms with Crippen LogP contribution in [0.5, 0.6) is 5.75 Å². The van der Waals surface area contributed by atoms with Gasteiger partial charge in [-0.2, -0.15) is 0 Å². The van der Waals surface area contributed by atoms with Crippen molar-refractivity contribution in [3.05, 3.63) is 58.6 Å². The van der Waals surface area contributed by atoms with Crippen LogP contribution in [0.1, 0.15) is 83.5 Å². The van der Waals surface area contributed by atoms with Crippen LogP contribution < -0.4 is 9.46 Å². The van der Waals surface area contributed by atoms with E-state index in [0.29, 0.717) is 23.3 Å². The molecular formula is C29H38ClNO5S. The number of amides is 1. The van der Waals surface area contributed by atoms with E-state index in [1.54, 1.807) is 0 Å². The number of aryl methyl sites for hydroxylation is 1. The third-order valence-electron chi connectivity index (χ3n) is 7.61. The SMILES string of the molecule is CC(C)CCC[C@]1(C)Oc2cc(CCC(=O)NS(=O)(=O)c3ccc(Cl)cc3)ccc2[C@@H]2O[C@H](C)CC[C@H]21. The number of halogens is 1. The van der Waals surface area contributed by atoms with Gasteiger partial charge in [-0.1, -0.05) is 44.0 Å². The van der Waals surface area contributed by atoms with Crippen LogP contribution in [0.25, 0.3) is 0 Å². The molecule has 1 N–H and O–H groups in total. The molecule has 202 valence electrons. The van der Waals surface area contributed by atoms with Crippen molar-refractivity contribution in [1.29, 1.82) is 0 Å². The van der Waals surface area contributed by atoms with Crippen molar-refractivity contribution in [3.63, 3.8) is 0 Å². The molecule has 1 amide bonds. The molecule has 6 nitrogen and oxygen atoms in total. The molecule has 0 bridgehead atoms. The lowest BCUT2D eigenvalue weighted by Crippen LogP contribution is -2.50. The van der Waals surface area contributed by atoms with E-state index < -0.39 is 15.9 Å². The van der Waals surface area contributed by atoms with Gasteiger partial charge in [0.15, 0.2) is 0 Å². The third kappa shape index (κ3) is 6.68. The minimum absolute atomic E-state index is 0.000414. The van der Waals surface area contributed by atoms with Crippen molar-refractivity contribution < 1.29 is 22.7 Å². The Morgan fingerprint density at radius 3 is 2.59 bits per heavy atom. The van der Waals surface area contributed by atoms with Crippen LogP contribution in [0, 0.1) is 11.8 Å². The molecular weight excluding hydrogens is 510 g/mol. The lowest BCUT2D eigenvalue weighted by molar-refractivity contribution is -0.152. The van der Waals surface area contributed by atoms with Gasteiger partial charge in [0.05, 0.1) is 17.1 Å². The summed E-state index contributed by atoms with van der Waals surface area (Å²) in [6.07, 6.45) is 5.98. The van der Waals surface area contributed by atoms with E-state index in [1.807, 2.05) is 12.1 Å². The first-order chi connectivity index (χ1) is 17.5. The first-order valence-corrected chi connectivity index (χ1v) is 15.1. The molecule has 0 aliphatic carbocycles. The second-order valence-electron chi connectivity index (χ2n) is 11.1. The van der Waals surface area contributed by atoms with Gasteiger partial charge in [0.25, 0.3) is 10.0 Å². The Hall–Kier alpha value is -2.09. The van der Waals surface area contributed by atoms with Gasteiger partial charge in [0, 0.05) is 22.9 Å². The highest BCUT2D eigenvalue weighted by Gasteiger charge is 2.49. The molecule has 2 aromatic rings. The predicted molar refractivity (Wildman–Crippen MR) is 145 cm³/mol. The summed E-state index contributed by atoms with van der Waals surface area (Å²) < 4.78 is 40.3. The summed E-state index contributed by atoms with van der Waals surface area (Å²) in [5.41, 5.74) is 1.68. The van der Waals surface area contributed by atoms with E-state index in [-0.39, 0.29) is 29.1 Å². The fourth-order valence-corrected chi connectivity index (χ4v) is 6.65. The molecule has 0 radical (unpaired) electrons. The van der Waals surface area contributed by atoms with Crippen molar-refractivity contribution in [3.8, 4) is 5.75 Å². The Labute approximate surface area is 226 Å². The van der Waals surface area contributed by atoms with Crippen LogP contribution in [0.3, 0.4) is 0 Å². The van der Waals surface area contributed by atoms with Crippen LogP contribution in [-0.2, 0) is 26.0 Å². The van der Waals surface area contributed by atoms with Gasteiger partial charge in [-0.25, -0.2) is 13.1 Å². The number of benzene rings is 2. The molecule has 0 aromatic heterocycles. The zero-order valence-electron chi connectivity index (χ0n) is 22.1. The maximum atomic E-state index is 12.5. The third-order valence-corrected chi connectivity index (χ3v) is 9.25. The molecule has 4 atom stereocenters. The zero-order chi connectivity index (χ0) is 26.8. The number of rotatable bonds is 9. The van der Waals surface area contributed by atoms with Crippen LogP contribution >= 0.6 is 11.6 Å². The monoisotopic (exact) mass is 547 g/mol. The molecule has 0 spiro atoms. The van der Waals surface area contributed by atoms with Crippen molar-refractivity contribution in [2.75, 3.05) is 0 Å². The molecule has 2 aliphatic rings. The molecule has 4 rings (SSSR count). The van der Waals surface area contributed by atoms with Gasteiger partial charge in [-0.05, 0) is 87.8 Å². The smallest absolute Gasteiger partial charge is 0.264 e. The zero-order valence-corrected chi connectivity index (χ0v) is 23.7. The average Bonchev–Trinajstić information content (AvgIpc) is 2.82. The molecule has 2 aromatic carbocycles. The number of fused-ring (bicyclic) bond motifs is 3. The van der Waals surface area contributed by atoms with Crippen LogP contribution in [0.4, 0.5) is 0 Å². The highest BCUT2D eigenvalue weighted by atomic mass is 35.5. The minimum Gasteiger partial charge on any atom is -0.487 e. The van der Waals surface area contributed by atoms with Crippen molar-refractivity contribution in [2.45, 2.75) is 95.3 Å². The quantitative estimate of drug-likeness (QED) is 0.382. The summed E-state index contributed by atoms with van der Waals surface area (Å²) in [4.78, 5) is 12.5. The second-order valence-corrected chi connectivity index (χ2v) is 13.2. The van der Waals surface area contributed by atoms with E-state index in [9.17, 15) is 13.2 Å². The fraction of sp³-hybridized carbons (Fsp3) is 0.552. The number of carbonyl (C=O) groups is 1. The molecule has 37 heavy (non-hydrogen) atoms. The summed E-state index contributed by atoms with van der Waals surface area (Å²) in [5.74, 6) is 1.21. The Morgan fingerprint density at radius 2 is 1.89 bits per heavy atom. The summed E-state index contributed by atoms with van der Waals surface area (Å²) in [6.45, 7) is 8.84. The summed E-state index contributed by atoms with van der Waals surface area (Å²) in [7, 11) is -3.94. The second kappa shape index (κ2) is 11.3. The maximum Gasteiger partial charge on any atom is 0.264 e. The van der Waals surface area contributed by atoms with Crippen LogP contribution in [0.15, 0.2) is 47.4 Å². The van der Waals surface area contributed by atoms with Crippen molar-refractivity contribution >= 4 is 27.5 Å². The molecule has 2 aliphatic heterocycles. The Morgan fingerprint density at radius 1 is 1.16 bits per heavy atom. The van der Waals surface area contributed by atoms with E-state index in [2.05, 4.69) is 38.5 Å². The van der Waals surface area contributed by atoms with Crippen LogP contribution in [-0.4, -0.2) is 26.0 Å². The van der Waals surface area contributed by atoms with Crippen molar-refractivity contribution in [2.24, 2.45) is 11.8 Å². The first-order valence-electron chi connectivity index (χ1n) is 13.3. The fourth-order valence-electron chi connectivity index (χ4n) is 5.51. The van der Waals surface area contributed by atoms with Gasteiger partial charge in [-0.3, -0.25) is 4.79 Å². The van der Waals surface area contributed by atoms with Gasteiger partial charge in [0.1, 0.15) is 11.4 Å². The molecule has 2 heterocycles. The molecule has 8 heteroatoms. The Bertz CT molecular complexity index is 1210. The topological polar surface area (TPSA) is 81.7 Å². The van der Waals surface area contributed by atoms with Crippen LogP contribution in [0.2, 0.25) is 5.02 Å². The predicted octanol–water partition coefficient (Wildman–Crippen LogP) is 6.61. The average molecular weight is 548 g/mol. The number of ether oxygens (including phenoxy) is 2. The summed E-state index contributed by atoms with van der Waals surface area (Å²) in [5, 5.41) is 0.426. The number of sulfonamides is 1. The van der Waals surface area contributed by atoms with E-state index in [4.69, 9.17) is 21.1 Å². The standard InChI is InChI=1S/C29H38ClNO5S/c1-19(2)6-5-17-29(4)25-15-7-20(3)35-28(25)24-14-8-21(18-26(24)36-29)9-16-27(32)31-37(33,34)23-12-10-22(30)11-13-23/h8,10-14,18-20,25,28H,5-7,9,15-17H2,1-4H3,(H,31,32)/t20-,25-,28+,29+/m1/s1. The molecule has 1 saturated heterocycles. The number of hydrogen-bond donors (Lipinski definition) is 1. The first kappa shape index (κ1) is 27.9. The summed E-state index contributed by atoms with van der Waals surface area (Å²) in [6, 6.07) is 11.7. The Kier molecular flexibility index (Phi) is 8.56. The van der Waals surface area contributed by atoms with E-state index >= 15 is 0 Å². The van der Waals surface area contributed by atoms with Gasteiger partial charge >= 0.3 is 0 Å². The number of hydrogen-bond acceptors (Lipinski definition) is 5. The molecule has 0 unspecified atom stereocenters. The normalized spacial score (nSPS) is 25.2. The minimum atomic E-state index is -3.94. The van der Waals surface area contributed by atoms with Gasteiger partial charge in [-0.15, -0.1) is 0 Å². The van der Waals surface area contributed by atoms with Gasteiger partial charge in [0.2, 0.25) is 5.91 Å². The highest BCUT2D eigenvalue weighted by Crippen LogP contribution is 2.52. The number of carbonyl (C=O) groups excluding carboxylic acids is 1.